The Hall–Kier alpha value is -0.120. The molecule has 0 aromatic rings. The SMILES string of the molecule is CN1C(CCCOCCCN)CC2CCCCC21. The highest BCUT2D eigenvalue weighted by atomic mass is 16.5. The smallest absolute Gasteiger partial charge is 0.0478 e. The molecule has 1 heterocycles. The van der Waals surface area contributed by atoms with Crippen LogP contribution in [0.3, 0.4) is 0 Å². The minimum absolute atomic E-state index is 0.745. The van der Waals surface area contributed by atoms with E-state index < -0.39 is 0 Å². The van der Waals surface area contributed by atoms with Crippen molar-refractivity contribution in [3.05, 3.63) is 0 Å². The Kier molecular flexibility index (Phi) is 5.93. The first-order chi connectivity index (χ1) is 8.83. The Morgan fingerprint density at radius 3 is 2.72 bits per heavy atom. The normalized spacial score (nSPS) is 32.7. The van der Waals surface area contributed by atoms with Gasteiger partial charge in [0, 0.05) is 25.3 Å². The van der Waals surface area contributed by atoms with Gasteiger partial charge in [-0.25, -0.2) is 0 Å². The second-order valence-electron chi connectivity index (χ2n) is 6.06. The molecule has 0 amide bonds. The van der Waals surface area contributed by atoms with E-state index in [9.17, 15) is 0 Å². The molecule has 3 nitrogen and oxygen atoms in total. The Labute approximate surface area is 112 Å². The van der Waals surface area contributed by atoms with Crippen molar-refractivity contribution in [2.75, 3.05) is 26.8 Å². The van der Waals surface area contributed by atoms with Crippen molar-refractivity contribution >= 4 is 0 Å². The lowest BCUT2D eigenvalue weighted by Gasteiger charge is -2.30. The molecular weight excluding hydrogens is 224 g/mol. The van der Waals surface area contributed by atoms with Crippen LogP contribution in [0.1, 0.15) is 51.4 Å². The average molecular weight is 254 g/mol. The molecule has 1 aliphatic heterocycles. The monoisotopic (exact) mass is 254 g/mol. The molecule has 2 rings (SSSR count). The summed E-state index contributed by atoms with van der Waals surface area (Å²) < 4.78 is 5.59. The lowest BCUT2D eigenvalue weighted by Crippen LogP contribution is -2.35. The Balaban J connectivity index is 1.61. The predicted octanol–water partition coefficient (Wildman–Crippen LogP) is 2.39. The van der Waals surface area contributed by atoms with Gasteiger partial charge in [-0.3, -0.25) is 0 Å². The molecule has 3 atom stereocenters. The zero-order valence-corrected chi connectivity index (χ0v) is 11.9. The van der Waals surface area contributed by atoms with Crippen molar-refractivity contribution in [1.82, 2.24) is 4.90 Å². The molecule has 1 saturated carbocycles. The average Bonchev–Trinajstić information content (AvgIpc) is 2.71. The third-order valence-corrected chi connectivity index (χ3v) is 4.86. The lowest BCUT2D eigenvalue weighted by atomic mass is 9.84. The van der Waals surface area contributed by atoms with Crippen LogP contribution in [0.4, 0.5) is 0 Å². The molecule has 0 aromatic carbocycles. The fraction of sp³-hybridized carbons (Fsp3) is 1.00. The highest BCUT2D eigenvalue weighted by Gasteiger charge is 2.39. The van der Waals surface area contributed by atoms with Gasteiger partial charge in [-0.1, -0.05) is 12.8 Å². The van der Waals surface area contributed by atoms with Gasteiger partial charge < -0.3 is 15.4 Å². The first kappa shape index (κ1) is 14.3. The third kappa shape index (κ3) is 3.69. The van der Waals surface area contributed by atoms with E-state index in [4.69, 9.17) is 10.5 Å². The van der Waals surface area contributed by atoms with Crippen molar-refractivity contribution in [2.45, 2.75) is 63.5 Å². The van der Waals surface area contributed by atoms with E-state index in [0.29, 0.717) is 0 Å². The molecule has 2 aliphatic rings. The van der Waals surface area contributed by atoms with Crippen molar-refractivity contribution in [2.24, 2.45) is 11.7 Å². The quantitative estimate of drug-likeness (QED) is 0.709. The maximum atomic E-state index is 5.59. The number of fused-ring (bicyclic) bond motifs is 1. The van der Waals surface area contributed by atoms with E-state index in [2.05, 4.69) is 11.9 Å². The summed E-state index contributed by atoms with van der Waals surface area (Å²) >= 11 is 0. The van der Waals surface area contributed by atoms with E-state index in [1.807, 2.05) is 0 Å². The fourth-order valence-electron chi connectivity index (χ4n) is 3.82. The Morgan fingerprint density at radius 2 is 1.94 bits per heavy atom. The molecule has 1 saturated heterocycles. The summed E-state index contributed by atoms with van der Waals surface area (Å²) in [6.07, 6.45) is 10.8. The molecule has 2 N–H and O–H groups in total. The number of likely N-dealkylation sites (tertiary alicyclic amines) is 1. The van der Waals surface area contributed by atoms with Crippen LogP contribution in [-0.4, -0.2) is 43.8 Å². The highest BCUT2D eigenvalue weighted by Crippen LogP contribution is 2.39. The molecule has 106 valence electrons. The molecule has 0 bridgehead atoms. The predicted molar refractivity (Wildman–Crippen MR) is 75.6 cm³/mol. The van der Waals surface area contributed by atoms with Gasteiger partial charge in [-0.05, 0) is 58.0 Å². The van der Waals surface area contributed by atoms with Crippen molar-refractivity contribution in [1.29, 1.82) is 0 Å². The largest absolute Gasteiger partial charge is 0.381 e. The summed E-state index contributed by atoms with van der Waals surface area (Å²) in [7, 11) is 2.34. The molecule has 1 aliphatic carbocycles. The first-order valence-corrected chi connectivity index (χ1v) is 7.82. The Bertz CT molecular complexity index is 235. The second kappa shape index (κ2) is 7.46. The van der Waals surface area contributed by atoms with Crippen LogP contribution < -0.4 is 5.73 Å². The van der Waals surface area contributed by atoms with E-state index >= 15 is 0 Å². The van der Waals surface area contributed by atoms with Gasteiger partial charge in [0.25, 0.3) is 0 Å². The number of nitrogens with two attached hydrogens (primary N) is 1. The minimum atomic E-state index is 0.745. The third-order valence-electron chi connectivity index (χ3n) is 4.86. The zero-order chi connectivity index (χ0) is 12.8. The van der Waals surface area contributed by atoms with Gasteiger partial charge in [0.2, 0.25) is 0 Å². The van der Waals surface area contributed by atoms with Gasteiger partial charge in [0.1, 0.15) is 0 Å². The summed E-state index contributed by atoms with van der Waals surface area (Å²) in [6.45, 7) is 2.50. The highest BCUT2D eigenvalue weighted by molar-refractivity contribution is 4.93. The van der Waals surface area contributed by atoms with Gasteiger partial charge in [0.05, 0.1) is 0 Å². The summed E-state index contributed by atoms with van der Waals surface area (Å²) in [5, 5.41) is 0. The number of nitrogens with zero attached hydrogens (tertiary/aromatic N) is 1. The molecule has 0 aromatic heterocycles. The fourth-order valence-corrected chi connectivity index (χ4v) is 3.82. The van der Waals surface area contributed by atoms with Gasteiger partial charge >= 0.3 is 0 Å². The first-order valence-electron chi connectivity index (χ1n) is 7.82. The van der Waals surface area contributed by atoms with Crippen LogP contribution in [-0.2, 0) is 4.74 Å². The summed E-state index contributed by atoms with van der Waals surface area (Å²) in [6, 6.07) is 1.71. The summed E-state index contributed by atoms with van der Waals surface area (Å²) in [5.41, 5.74) is 5.44. The molecule has 18 heavy (non-hydrogen) atoms. The van der Waals surface area contributed by atoms with Crippen LogP contribution in [0, 0.1) is 5.92 Å². The van der Waals surface area contributed by atoms with Crippen LogP contribution in [0.15, 0.2) is 0 Å². The van der Waals surface area contributed by atoms with E-state index in [-0.39, 0.29) is 0 Å². The lowest BCUT2D eigenvalue weighted by molar-refractivity contribution is 0.119. The molecule has 3 unspecified atom stereocenters. The topological polar surface area (TPSA) is 38.5 Å². The second-order valence-corrected chi connectivity index (χ2v) is 6.06. The maximum absolute atomic E-state index is 5.59. The summed E-state index contributed by atoms with van der Waals surface area (Å²) in [5.74, 6) is 0.993. The van der Waals surface area contributed by atoms with Crippen molar-refractivity contribution in [3.63, 3.8) is 0 Å². The number of hydrogen-bond acceptors (Lipinski definition) is 3. The van der Waals surface area contributed by atoms with Crippen LogP contribution >= 0.6 is 0 Å². The standard InChI is InChI=1S/C15H30N2O/c1-17-14(7-4-10-18-11-5-9-16)12-13-6-2-3-8-15(13)17/h13-15H,2-12,16H2,1H3. The van der Waals surface area contributed by atoms with Crippen molar-refractivity contribution < 1.29 is 4.74 Å². The van der Waals surface area contributed by atoms with Crippen LogP contribution in [0.25, 0.3) is 0 Å². The molecule has 2 fully saturated rings. The van der Waals surface area contributed by atoms with E-state index in [1.54, 1.807) is 0 Å². The van der Waals surface area contributed by atoms with Gasteiger partial charge in [0.15, 0.2) is 0 Å². The molecular formula is C15H30N2O. The number of rotatable bonds is 7. The maximum Gasteiger partial charge on any atom is 0.0478 e. The molecule has 0 spiro atoms. The number of ether oxygens (including phenoxy) is 1. The Morgan fingerprint density at radius 1 is 1.17 bits per heavy atom. The minimum Gasteiger partial charge on any atom is -0.381 e. The van der Waals surface area contributed by atoms with Gasteiger partial charge in [-0.2, -0.15) is 0 Å². The van der Waals surface area contributed by atoms with Crippen molar-refractivity contribution in [3.8, 4) is 0 Å². The summed E-state index contributed by atoms with van der Waals surface area (Å²) in [4.78, 5) is 2.67. The van der Waals surface area contributed by atoms with Crippen LogP contribution in [0.5, 0.6) is 0 Å². The van der Waals surface area contributed by atoms with E-state index in [1.165, 1.54) is 44.9 Å². The molecule has 3 heteroatoms. The van der Waals surface area contributed by atoms with Crippen LogP contribution in [0.2, 0.25) is 0 Å². The van der Waals surface area contributed by atoms with E-state index in [0.717, 1.165) is 44.2 Å². The molecule has 0 radical (unpaired) electrons. The zero-order valence-electron chi connectivity index (χ0n) is 11.9. The number of hydrogen-bond donors (Lipinski definition) is 1. The van der Waals surface area contributed by atoms with Gasteiger partial charge in [-0.15, -0.1) is 0 Å².